The van der Waals surface area contributed by atoms with Crippen LogP contribution in [0.1, 0.15) is 22.3 Å². The van der Waals surface area contributed by atoms with Gasteiger partial charge in [-0.15, -0.1) is 0 Å². The average Bonchev–Trinajstić information content (AvgIpc) is 3.24. The molecule has 0 aliphatic carbocycles. The summed E-state index contributed by atoms with van der Waals surface area (Å²) in [5, 5.41) is 5.54. The fourth-order valence-corrected chi connectivity index (χ4v) is 2.96. The predicted molar refractivity (Wildman–Crippen MR) is 90.8 cm³/mol. The van der Waals surface area contributed by atoms with Gasteiger partial charge in [0, 0.05) is 23.7 Å². The monoisotopic (exact) mass is 339 g/mol. The molecule has 2 amide bonds. The summed E-state index contributed by atoms with van der Waals surface area (Å²) < 4.78 is 11.0. The molecule has 0 spiro atoms. The molecule has 1 aromatic heterocycles. The smallest absolute Gasteiger partial charge is 0.256 e. The van der Waals surface area contributed by atoms with Gasteiger partial charge in [-0.25, -0.2) is 4.98 Å². The van der Waals surface area contributed by atoms with Gasteiger partial charge in [-0.1, -0.05) is 6.07 Å². The number of ether oxygens (including phenoxy) is 2. The van der Waals surface area contributed by atoms with Crippen molar-refractivity contribution in [1.29, 1.82) is 0 Å². The van der Waals surface area contributed by atoms with Crippen molar-refractivity contribution in [1.82, 2.24) is 4.98 Å². The van der Waals surface area contributed by atoms with Crippen LogP contribution in [-0.2, 0) is 16.0 Å². The second-order valence-electron chi connectivity index (χ2n) is 6.00. The molecular formula is C18H17N3O4. The molecule has 2 N–H and O–H groups in total. The van der Waals surface area contributed by atoms with Gasteiger partial charge in [0.2, 0.25) is 11.8 Å². The standard InChI is InChI=1S/C18H17N3O4/c22-16-8-14-13(2-1-3-15(14)21-16)18(23)20-11-4-5-17(19-9-11)25-12-6-7-24-10-12/h1-5,9,12H,6-8,10H2,(H,20,23)(H,21,22)/t12-/m0/s1. The highest BCUT2D eigenvalue weighted by Gasteiger charge is 2.23. The van der Waals surface area contributed by atoms with Crippen LogP contribution in [0, 0.1) is 0 Å². The van der Waals surface area contributed by atoms with Crippen molar-refractivity contribution in [3.8, 4) is 5.88 Å². The topological polar surface area (TPSA) is 89.6 Å². The van der Waals surface area contributed by atoms with E-state index in [1.807, 2.05) is 0 Å². The molecule has 2 aliphatic rings. The molecule has 0 bridgehead atoms. The Hall–Kier alpha value is -2.93. The fraction of sp³-hybridized carbons (Fsp3) is 0.278. The highest BCUT2D eigenvalue weighted by Crippen LogP contribution is 2.27. The molecule has 25 heavy (non-hydrogen) atoms. The Morgan fingerprint density at radius 3 is 3.00 bits per heavy atom. The number of carbonyl (C=O) groups is 2. The summed E-state index contributed by atoms with van der Waals surface area (Å²) >= 11 is 0. The summed E-state index contributed by atoms with van der Waals surface area (Å²) in [7, 11) is 0. The van der Waals surface area contributed by atoms with Gasteiger partial charge in [0.25, 0.3) is 5.91 Å². The van der Waals surface area contributed by atoms with E-state index < -0.39 is 0 Å². The maximum atomic E-state index is 12.5. The molecule has 0 radical (unpaired) electrons. The van der Waals surface area contributed by atoms with Gasteiger partial charge < -0.3 is 20.1 Å². The van der Waals surface area contributed by atoms with Crippen molar-refractivity contribution in [2.24, 2.45) is 0 Å². The summed E-state index contributed by atoms with van der Waals surface area (Å²) in [5.74, 6) is 0.131. The third-order valence-electron chi connectivity index (χ3n) is 4.20. The summed E-state index contributed by atoms with van der Waals surface area (Å²) in [4.78, 5) is 28.3. The fourth-order valence-electron chi connectivity index (χ4n) is 2.96. The van der Waals surface area contributed by atoms with Crippen LogP contribution in [0.15, 0.2) is 36.5 Å². The molecule has 2 aliphatic heterocycles. The lowest BCUT2D eigenvalue weighted by Crippen LogP contribution is -2.17. The summed E-state index contributed by atoms with van der Waals surface area (Å²) in [5.41, 5.74) is 2.46. The molecule has 7 nitrogen and oxygen atoms in total. The zero-order valence-electron chi connectivity index (χ0n) is 13.5. The molecule has 0 unspecified atom stereocenters. The van der Waals surface area contributed by atoms with E-state index in [9.17, 15) is 9.59 Å². The van der Waals surface area contributed by atoms with Crippen LogP contribution in [0.4, 0.5) is 11.4 Å². The largest absolute Gasteiger partial charge is 0.472 e. The first-order chi connectivity index (χ1) is 12.2. The van der Waals surface area contributed by atoms with Crippen LogP contribution in [0.5, 0.6) is 5.88 Å². The van der Waals surface area contributed by atoms with E-state index in [0.717, 1.165) is 12.0 Å². The molecule has 128 valence electrons. The number of hydrogen-bond acceptors (Lipinski definition) is 5. The molecule has 1 atom stereocenters. The SMILES string of the molecule is O=C1Cc2c(cccc2C(=O)Nc2ccc(O[C@H]3CCOC3)nc2)N1. The third-order valence-corrected chi connectivity index (χ3v) is 4.20. The zero-order chi connectivity index (χ0) is 17.2. The number of nitrogens with zero attached hydrogens (tertiary/aromatic N) is 1. The molecule has 1 aromatic carbocycles. The number of benzene rings is 1. The van der Waals surface area contributed by atoms with E-state index in [-0.39, 0.29) is 24.3 Å². The van der Waals surface area contributed by atoms with Gasteiger partial charge in [0.05, 0.1) is 31.5 Å². The minimum Gasteiger partial charge on any atom is -0.472 e. The number of pyridine rings is 1. The molecule has 3 heterocycles. The zero-order valence-corrected chi connectivity index (χ0v) is 13.5. The van der Waals surface area contributed by atoms with Crippen LogP contribution < -0.4 is 15.4 Å². The Morgan fingerprint density at radius 2 is 2.24 bits per heavy atom. The summed E-state index contributed by atoms with van der Waals surface area (Å²) in [6, 6.07) is 8.70. The molecular weight excluding hydrogens is 322 g/mol. The minimum atomic E-state index is -0.270. The van der Waals surface area contributed by atoms with Crippen molar-refractivity contribution in [2.75, 3.05) is 23.8 Å². The molecule has 1 saturated heterocycles. The number of hydrogen-bond donors (Lipinski definition) is 2. The van der Waals surface area contributed by atoms with Gasteiger partial charge in [0.1, 0.15) is 6.10 Å². The second-order valence-corrected chi connectivity index (χ2v) is 6.00. The van der Waals surface area contributed by atoms with Crippen LogP contribution in [0.3, 0.4) is 0 Å². The van der Waals surface area contributed by atoms with Crippen LogP contribution in [0.2, 0.25) is 0 Å². The number of amides is 2. The average molecular weight is 339 g/mol. The van der Waals surface area contributed by atoms with Gasteiger partial charge in [-0.05, 0) is 23.8 Å². The molecule has 0 saturated carbocycles. The van der Waals surface area contributed by atoms with Gasteiger partial charge in [-0.3, -0.25) is 9.59 Å². The van der Waals surface area contributed by atoms with Gasteiger partial charge in [0.15, 0.2) is 0 Å². The number of anilines is 2. The first kappa shape index (κ1) is 15.6. The molecule has 2 aromatic rings. The van der Waals surface area contributed by atoms with E-state index in [0.29, 0.717) is 36.0 Å². The minimum absolute atomic E-state index is 0.0323. The predicted octanol–water partition coefficient (Wildman–Crippen LogP) is 2.00. The lowest BCUT2D eigenvalue weighted by atomic mass is 10.0. The highest BCUT2D eigenvalue weighted by atomic mass is 16.5. The first-order valence-electron chi connectivity index (χ1n) is 8.12. The third kappa shape index (κ3) is 3.32. The Labute approximate surface area is 144 Å². The van der Waals surface area contributed by atoms with E-state index in [4.69, 9.17) is 9.47 Å². The number of carbonyl (C=O) groups excluding carboxylic acids is 2. The van der Waals surface area contributed by atoms with Crippen molar-refractivity contribution >= 4 is 23.2 Å². The lowest BCUT2D eigenvalue weighted by Gasteiger charge is -2.12. The maximum absolute atomic E-state index is 12.5. The van der Waals surface area contributed by atoms with Crippen molar-refractivity contribution < 1.29 is 19.1 Å². The Kier molecular flexibility index (Phi) is 4.07. The van der Waals surface area contributed by atoms with Gasteiger partial charge >= 0.3 is 0 Å². The quantitative estimate of drug-likeness (QED) is 0.889. The molecule has 1 fully saturated rings. The first-order valence-corrected chi connectivity index (χ1v) is 8.12. The van der Waals surface area contributed by atoms with E-state index in [1.165, 1.54) is 0 Å². The van der Waals surface area contributed by atoms with E-state index >= 15 is 0 Å². The normalized spacial score (nSPS) is 18.6. The Morgan fingerprint density at radius 1 is 1.32 bits per heavy atom. The van der Waals surface area contributed by atoms with Crippen LogP contribution >= 0.6 is 0 Å². The summed E-state index contributed by atoms with van der Waals surface area (Å²) in [6.07, 6.45) is 2.65. The Balaban J connectivity index is 1.45. The van der Waals surface area contributed by atoms with Gasteiger partial charge in [-0.2, -0.15) is 0 Å². The summed E-state index contributed by atoms with van der Waals surface area (Å²) in [6.45, 7) is 1.28. The highest BCUT2D eigenvalue weighted by molar-refractivity contribution is 6.10. The van der Waals surface area contributed by atoms with Crippen molar-refractivity contribution in [3.63, 3.8) is 0 Å². The number of fused-ring (bicyclic) bond motifs is 1. The lowest BCUT2D eigenvalue weighted by molar-refractivity contribution is -0.115. The number of nitrogens with one attached hydrogen (secondary N) is 2. The van der Waals surface area contributed by atoms with Crippen LogP contribution in [-0.4, -0.2) is 36.1 Å². The van der Waals surface area contributed by atoms with E-state index in [1.54, 1.807) is 36.5 Å². The number of rotatable bonds is 4. The number of aromatic nitrogens is 1. The molecule has 4 rings (SSSR count). The second kappa shape index (κ2) is 6.52. The Bertz CT molecular complexity index is 814. The maximum Gasteiger partial charge on any atom is 0.256 e. The van der Waals surface area contributed by atoms with Crippen molar-refractivity contribution in [3.05, 3.63) is 47.7 Å². The van der Waals surface area contributed by atoms with Crippen molar-refractivity contribution in [2.45, 2.75) is 18.9 Å². The molecule has 7 heteroatoms. The van der Waals surface area contributed by atoms with E-state index in [2.05, 4.69) is 15.6 Å². The van der Waals surface area contributed by atoms with Crippen LogP contribution in [0.25, 0.3) is 0 Å².